The highest BCUT2D eigenvalue weighted by Gasteiger charge is 1.91. The molecule has 0 fully saturated rings. The summed E-state index contributed by atoms with van der Waals surface area (Å²) in [6.07, 6.45) is 13.5. The van der Waals surface area contributed by atoms with E-state index >= 15 is 0 Å². The Labute approximate surface area is 115 Å². The average molecular weight is 300 g/mol. The molecule has 0 saturated heterocycles. The van der Waals surface area contributed by atoms with E-state index in [0.29, 0.717) is 5.36 Å². The zero-order chi connectivity index (χ0) is 11.6. The Hall–Kier alpha value is -0.570. The number of aromatic nitrogens is 1. The molecule has 3 heteroatoms. The molecule has 17 heavy (non-hydrogen) atoms. The Bertz CT molecular complexity index is 313. The van der Waals surface area contributed by atoms with Crippen LogP contribution in [0.5, 0.6) is 0 Å². The monoisotopic (exact) mass is 299 g/mol. The highest BCUT2D eigenvalue weighted by molar-refractivity contribution is 4.90. The summed E-state index contributed by atoms with van der Waals surface area (Å²) in [5.41, 5.74) is 0. The minimum Gasteiger partial charge on any atom is -1.00 e. The van der Waals surface area contributed by atoms with Crippen LogP contribution in [0.3, 0.4) is 0 Å². The maximum atomic E-state index is 7.39. The van der Waals surface area contributed by atoms with E-state index in [1.165, 1.54) is 44.9 Å². The Kier molecular flexibility index (Phi) is 10.2. The molecular formula is C14H24BrN2-. The number of rotatable bonds is 8. The third-order valence-electron chi connectivity index (χ3n) is 2.91. The van der Waals surface area contributed by atoms with Crippen molar-refractivity contribution in [2.24, 2.45) is 0 Å². The molecule has 0 aliphatic rings. The van der Waals surface area contributed by atoms with Crippen LogP contribution in [0.2, 0.25) is 0 Å². The van der Waals surface area contributed by atoms with E-state index in [2.05, 4.69) is 11.5 Å². The molecule has 1 aromatic rings. The van der Waals surface area contributed by atoms with Crippen LogP contribution in [0.15, 0.2) is 24.5 Å². The van der Waals surface area contributed by atoms with Gasteiger partial charge in [0.1, 0.15) is 0 Å². The Morgan fingerprint density at radius 3 is 2.06 bits per heavy atom. The maximum absolute atomic E-state index is 7.39. The molecule has 1 N–H and O–H groups in total. The SMILES string of the molecule is CCCCCCCCCn1ccc(=N)cc1.[Br-]. The molecule has 1 heterocycles. The molecule has 2 nitrogen and oxygen atoms in total. The van der Waals surface area contributed by atoms with Crippen molar-refractivity contribution in [1.29, 1.82) is 5.41 Å². The van der Waals surface area contributed by atoms with Crippen LogP contribution >= 0.6 is 0 Å². The fourth-order valence-electron chi connectivity index (χ4n) is 1.86. The summed E-state index contributed by atoms with van der Waals surface area (Å²) in [5.74, 6) is 0. The van der Waals surface area contributed by atoms with Crippen LogP contribution in [0.1, 0.15) is 51.9 Å². The van der Waals surface area contributed by atoms with Gasteiger partial charge < -0.3 is 27.0 Å². The molecule has 1 aromatic heterocycles. The molecular weight excluding hydrogens is 276 g/mol. The number of pyridine rings is 1. The van der Waals surface area contributed by atoms with Gasteiger partial charge in [0.05, 0.1) is 5.36 Å². The smallest absolute Gasteiger partial charge is 0.0568 e. The van der Waals surface area contributed by atoms with Gasteiger partial charge >= 0.3 is 0 Å². The van der Waals surface area contributed by atoms with Gasteiger partial charge in [0.15, 0.2) is 0 Å². The largest absolute Gasteiger partial charge is 1.00 e. The van der Waals surface area contributed by atoms with Crippen molar-refractivity contribution < 1.29 is 17.0 Å². The van der Waals surface area contributed by atoms with Crippen LogP contribution in [-0.2, 0) is 6.54 Å². The third-order valence-corrected chi connectivity index (χ3v) is 2.91. The third kappa shape index (κ3) is 8.19. The molecule has 0 saturated carbocycles. The zero-order valence-corrected chi connectivity index (χ0v) is 12.4. The molecule has 98 valence electrons. The molecule has 0 aliphatic heterocycles. The zero-order valence-electron chi connectivity index (χ0n) is 10.8. The second kappa shape index (κ2) is 10.6. The van der Waals surface area contributed by atoms with E-state index in [1.807, 2.05) is 24.5 Å². The van der Waals surface area contributed by atoms with Crippen molar-refractivity contribution in [1.82, 2.24) is 4.57 Å². The van der Waals surface area contributed by atoms with Gasteiger partial charge in [-0.2, -0.15) is 0 Å². The number of halogens is 1. The summed E-state index contributed by atoms with van der Waals surface area (Å²) < 4.78 is 2.17. The normalized spacial score (nSPS) is 9.94. The topological polar surface area (TPSA) is 28.8 Å². The van der Waals surface area contributed by atoms with E-state index in [1.54, 1.807) is 0 Å². The van der Waals surface area contributed by atoms with Gasteiger partial charge in [-0.3, -0.25) is 0 Å². The van der Waals surface area contributed by atoms with Crippen molar-refractivity contribution in [3.8, 4) is 0 Å². The van der Waals surface area contributed by atoms with Crippen LogP contribution in [0, 0.1) is 5.41 Å². The number of unbranched alkanes of at least 4 members (excludes halogenated alkanes) is 6. The second-order valence-corrected chi connectivity index (χ2v) is 4.45. The summed E-state index contributed by atoms with van der Waals surface area (Å²) >= 11 is 0. The van der Waals surface area contributed by atoms with E-state index in [4.69, 9.17) is 5.41 Å². The number of hydrogen-bond acceptors (Lipinski definition) is 1. The lowest BCUT2D eigenvalue weighted by molar-refractivity contribution is -0.00000374. The Morgan fingerprint density at radius 2 is 1.47 bits per heavy atom. The van der Waals surface area contributed by atoms with Gasteiger partial charge in [-0.25, -0.2) is 0 Å². The molecule has 0 aromatic carbocycles. The van der Waals surface area contributed by atoms with Crippen molar-refractivity contribution >= 4 is 0 Å². The lowest BCUT2D eigenvalue weighted by atomic mass is 10.1. The van der Waals surface area contributed by atoms with Gasteiger partial charge in [0, 0.05) is 18.9 Å². The molecule has 0 spiro atoms. The minimum absolute atomic E-state index is 0. The fourth-order valence-corrected chi connectivity index (χ4v) is 1.86. The van der Waals surface area contributed by atoms with Crippen LogP contribution in [-0.4, -0.2) is 4.57 Å². The summed E-state index contributed by atoms with van der Waals surface area (Å²) in [6.45, 7) is 3.35. The van der Waals surface area contributed by atoms with Crippen molar-refractivity contribution in [3.63, 3.8) is 0 Å². The van der Waals surface area contributed by atoms with Gasteiger partial charge in [-0.05, 0) is 18.6 Å². The van der Waals surface area contributed by atoms with Crippen LogP contribution in [0.4, 0.5) is 0 Å². The lowest BCUT2D eigenvalue weighted by Gasteiger charge is -2.05. The van der Waals surface area contributed by atoms with Gasteiger partial charge in [-0.15, -0.1) is 0 Å². The van der Waals surface area contributed by atoms with Gasteiger partial charge in [-0.1, -0.05) is 45.4 Å². The Balaban J connectivity index is 0.00000256. The van der Waals surface area contributed by atoms with Gasteiger partial charge in [0.2, 0.25) is 0 Å². The van der Waals surface area contributed by atoms with E-state index in [0.717, 1.165) is 6.54 Å². The van der Waals surface area contributed by atoms with E-state index in [9.17, 15) is 0 Å². The standard InChI is InChI=1S/C14H24N2.BrH/c1-2-3-4-5-6-7-8-11-16-12-9-14(15)10-13-16;/h9-10,12-13,15H,2-8,11H2,1H3;1H/p-1. The molecule has 0 radical (unpaired) electrons. The first-order chi connectivity index (χ1) is 7.83. The number of aryl methyl sites for hydroxylation is 1. The molecule has 0 aliphatic carbocycles. The summed E-state index contributed by atoms with van der Waals surface area (Å²) in [4.78, 5) is 0. The quantitative estimate of drug-likeness (QED) is 0.686. The summed E-state index contributed by atoms with van der Waals surface area (Å²) in [7, 11) is 0. The minimum atomic E-state index is 0. The molecule has 0 amide bonds. The van der Waals surface area contributed by atoms with E-state index in [-0.39, 0.29) is 17.0 Å². The first-order valence-electron chi connectivity index (χ1n) is 6.53. The van der Waals surface area contributed by atoms with Crippen molar-refractivity contribution in [2.75, 3.05) is 0 Å². The first-order valence-corrected chi connectivity index (χ1v) is 6.53. The van der Waals surface area contributed by atoms with E-state index < -0.39 is 0 Å². The highest BCUT2D eigenvalue weighted by atomic mass is 79.9. The Morgan fingerprint density at radius 1 is 0.941 bits per heavy atom. The molecule has 0 unspecified atom stereocenters. The molecule has 1 rings (SSSR count). The van der Waals surface area contributed by atoms with Crippen LogP contribution in [0.25, 0.3) is 0 Å². The predicted molar refractivity (Wildman–Crippen MR) is 68.3 cm³/mol. The summed E-state index contributed by atoms with van der Waals surface area (Å²) in [5, 5.41) is 7.98. The van der Waals surface area contributed by atoms with Crippen molar-refractivity contribution in [3.05, 3.63) is 29.9 Å². The van der Waals surface area contributed by atoms with Crippen molar-refractivity contribution in [2.45, 2.75) is 58.4 Å². The first kappa shape index (κ1) is 16.4. The van der Waals surface area contributed by atoms with Gasteiger partial charge in [0.25, 0.3) is 0 Å². The number of hydrogen-bond donors (Lipinski definition) is 1. The lowest BCUT2D eigenvalue weighted by Crippen LogP contribution is -3.00. The maximum Gasteiger partial charge on any atom is 0.0568 e. The fraction of sp³-hybridized carbons (Fsp3) is 0.643. The molecule has 0 atom stereocenters. The highest BCUT2D eigenvalue weighted by Crippen LogP contribution is 2.07. The second-order valence-electron chi connectivity index (χ2n) is 4.45. The molecule has 0 bridgehead atoms. The summed E-state index contributed by atoms with van der Waals surface area (Å²) in [6, 6.07) is 3.70. The predicted octanol–water partition coefficient (Wildman–Crippen LogP) is 0.722. The number of nitrogens with one attached hydrogen (secondary N) is 1. The average Bonchev–Trinajstić information content (AvgIpc) is 2.30. The van der Waals surface area contributed by atoms with Crippen LogP contribution < -0.4 is 22.3 Å². The number of nitrogens with zero attached hydrogens (tertiary/aromatic N) is 1.